The SMILES string of the molecule is C1=C(c2ccccc2)N=C(n2c3ccccc3c3ccc4sc5ccc6c(c7ccccc7n6-c6ccc7ccccc7c6)c5c4c32)NC1c1ccccc1.I. The molecule has 56 heavy (non-hydrogen) atoms. The van der Waals surface area contributed by atoms with Crippen LogP contribution in [0.15, 0.2) is 187 Å². The molecule has 6 heteroatoms. The number of nitrogens with zero attached hydrogens (tertiary/aromatic N) is 3. The van der Waals surface area contributed by atoms with Crippen LogP contribution in [0.2, 0.25) is 0 Å². The minimum absolute atomic E-state index is 0. The molecule has 4 heterocycles. The molecular weight excluding hydrogens is 816 g/mol. The van der Waals surface area contributed by atoms with Gasteiger partial charge in [0.25, 0.3) is 0 Å². The highest BCUT2D eigenvalue weighted by atomic mass is 127. The molecule has 0 spiro atoms. The van der Waals surface area contributed by atoms with Gasteiger partial charge in [-0.2, -0.15) is 0 Å². The van der Waals surface area contributed by atoms with Crippen molar-refractivity contribution in [2.45, 2.75) is 6.04 Å². The average Bonchev–Trinajstić information content (AvgIpc) is 3.91. The van der Waals surface area contributed by atoms with Crippen LogP contribution in [0.5, 0.6) is 0 Å². The van der Waals surface area contributed by atoms with E-state index >= 15 is 0 Å². The van der Waals surface area contributed by atoms with E-state index in [9.17, 15) is 0 Å². The predicted octanol–water partition coefficient (Wildman–Crippen LogP) is 13.6. The average molecular weight is 849 g/mol. The number of nitrogens with one attached hydrogen (secondary N) is 1. The van der Waals surface area contributed by atoms with Gasteiger partial charge in [-0.05, 0) is 64.9 Å². The molecule has 12 rings (SSSR count). The largest absolute Gasteiger partial charge is 0.345 e. The minimum Gasteiger partial charge on any atom is -0.345 e. The number of fused-ring (bicyclic) bond motifs is 12. The highest BCUT2D eigenvalue weighted by Crippen LogP contribution is 2.47. The van der Waals surface area contributed by atoms with Crippen LogP contribution in [-0.4, -0.2) is 15.1 Å². The molecule has 0 saturated carbocycles. The maximum Gasteiger partial charge on any atom is 0.209 e. The second-order valence-electron chi connectivity index (χ2n) is 14.4. The zero-order valence-electron chi connectivity index (χ0n) is 30.1. The topological polar surface area (TPSA) is 34.2 Å². The van der Waals surface area contributed by atoms with Gasteiger partial charge in [-0.15, -0.1) is 35.3 Å². The summed E-state index contributed by atoms with van der Waals surface area (Å²) in [4.78, 5) is 5.45. The first-order valence-electron chi connectivity index (χ1n) is 18.8. The maximum absolute atomic E-state index is 5.45. The summed E-state index contributed by atoms with van der Waals surface area (Å²) in [6.07, 6.45) is 2.25. The molecule has 1 atom stereocenters. The van der Waals surface area contributed by atoms with Crippen molar-refractivity contribution in [1.82, 2.24) is 14.5 Å². The first kappa shape index (κ1) is 33.1. The lowest BCUT2D eigenvalue weighted by atomic mass is 10.0. The number of thiophene rings is 1. The van der Waals surface area contributed by atoms with Crippen LogP contribution < -0.4 is 5.32 Å². The van der Waals surface area contributed by atoms with Gasteiger partial charge >= 0.3 is 0 Å². The van der Waals surface area contributed by atoms with Crippen molar-refractivity contribution >= 4 is 122 Å². The molecule has 1 aliphatic heterocycles. The molecule has 3 aromatic heterocycles. The summed E-state index contributed by atoms with van der Waals surface area (Å²) < 4.78 is 7.38. The van der Waals surface area contributed by atoms with E-state index in [0.29, 0.717) is 0 Å². The van der Waals surface area contributed by atoms with Crippen molar-refractivity contribution in [3.05, 3.63) is 193 Å². The molecule has 4 nitrogen and oxygen atoms in total. The number of halogens is 1. The third kappa shape index (κ3) is 4.92. The molecule has 0 amide bonds. The van der Waals surface area contributed by atoms with E-state index in [2.05, 4.69) is 196 Å². The number of rotatable bonds is 3. The Morgan fingerprint density at radius 2 is 1.16 bits per heavy atom. The van der Waals surface area contributed by atoms with E-state index in [4.69, 9.17) is 4.99 Å². The van der Waals surface area contributed by atoms with Crippen LogP contribution in [0, 0.1) is 0 Å². The molecule has 1 unspecified atom stereocenters. The van der Waals surface area contributed by atoms with Gasteiger partial charge in [0, 0.05) is 53.0 Å². The van der Waals surface area contributed by atoms with Crippen LogP contribution >= 0.6 is 35.3 Å². The monoisotopic (exact) mass is 848 g/mol. The predicted molar refractivity (Wildman–Crippen MR) is 249 cm³/mol. The van der Waals surface area contributed by atoms with Crippen molar-refractivity contribution in [2.75, 3.05) is 0 Å². The third-order valence-electron chi connectivity index (χ3n) is 11.3. The zero-order chi connectivity index (χ0) is 36.0. The molecule has 0 saturated heterocycles. The second-order valence-corrected chi connectivity index (χ2v) is 15.5. The van der Waals surface area contributed by atoms with Crippen LogP contribution in [0.1, 0.15) is 17.2 Å². The summed E-state index contributed by atoms with van der Waals surface area (Å²) in [7, 11) is 0. The molecule has 0 bridgehead atoms. The Bertz CT molecular complexity index is 3410. The highest BCUT2D eigenvalue weighted by Gasteiger charge is 2.26. The summed E-state index contributed by atoms with van der Waals surface area (Å²) in [6, 6.07) is 63.6. The van der Waals surface area contributed by atoms with Gasteiger partial charge in [0.2, 0.25) is 5.96 Å². The lowest BCUT2D eigenvalue weighted by molar-refractivity contribution is 0.761. The van der Waals surface area contributed by atoms with E-state index < -0.39 is 0 Å². The molecule has 11 aromatic rings. The standard InChI is InChI=1S/C50H32N4S.HI/c1-3-14-32(15-4-1)39-30-40(33-16-5-2-6-17-33)52-50(51-39)54-41-21-11-9-19-36(41)37-25-27-45-48(49(37)54)47-44(55-45)28-26-43-46(47)38-20-10-12-22-42(38)53(43)35-24-23-31-13-7-8-18-34(31)29-35;/h1-30,39H,(H,51,52);1H. The third-order valence-corrected chi connectivity index (χ3v) is 12.5. The number of hydrogen-bond acceptors (Lipinski definition) is 3. The van der Waals surface area contributed by atoms with Gasteiger partial charge in [0.05, 0.1) is 33.8 Å². The van der Waals surface area contributed by atoms with E-state index in [1.807, 2.05) is 11.3 Å². The van der Waals surface area contributed by atoms with Crippen molar-refractivity contribution in [3.63, 3.8) is 0 Å². The summed E-state index contributed by atoms with van der Waals surface area (Å²) in [6.45, 7) is 0. The number of benzene rings is 8. The van der Waals surface area contributed by atoms with Crippen LogP contribution in [-0.2, 0) is 0 Å². The summed E-state index contributed by atoms with van der Waals surface area (Å²) >= 11 is 1.87. The summed E-state index contributed by atoms with van der Waals surface area (Å²) in [5, 5.41) is 13.9. The first-order chi connectivity index (χ1) is 27.3. The fraction of sp³-hybridized carbons (Fsp3) is 0.0200. The van der Waals surface area contributed by atoms with E-state index in [1.54, 1.807) is 0 Å². The Kier molecular flexibility index (Phi) is 7.66. The first-order valence-corrected chi connectivity index (χ1v) is 19.6. The number of hydrogen-bond donors (Lipinski definition) is 1. The molecule has 0 fully saturated rings. The molecule has 1 aliphatic rings. The smallest absolute Gasteiger partial charge is 0.209 e. The maximum atomic E-state index is 5.45. The van der Waals surface area contributed by atoms with Gasteiger partial charge in [-0.1, -0.05) is 133 Å². The fourth-order valence-corrected chi connectivity index (χ4v) is 10.0. The van der Waals surface area contributed by atoms with E-state index in [0.717, 1.165) is 28.4 Å². The minimum atomic E-state index is -0.0647. The second kappa shape index (κ2) is 12.9. The van der Waals surface area contributed by atoms with Gasteiger partial charge in [-0.25, -0.2) is 4.99 Å². The normalized spacial score (nSPS) is 14.5. The molecule has 266 valence electrons. The quantitative estimate of drug-likeness (QED) is 0.177. The Hall–Kier alpha value is -6.22. The van der Waals surface area contributed by atoms with E-state index in [-0.39, 0.29) is 30.0 Å². The van der Waals surface area contributed by atoms with Crippen molar-refractivity contribution in [3.8, 4) is 5.69 Å². The Balaban J connectivity index is 0.00000363. The lowest BCUT2D eigenvalue weighted by Crippen LogP contribution is -2.35. The summed E-state index contributed by atoms with van der Waals surface area (Å²) in [5.74, 6) is 0.819. The Morgan fingerprint density at radius 3 is 1.98 bits per heavy atom. The zero-order valence-corrected chi connectivity index (χ0v) is 33.2. The van der Waals surface area contributed by atoms with Crippen LogP contribution in [0.3, 0.4) is 0 Å². The lowest BCUT2D eigenvalue weighted by Gasteiger charge is -2.25. The van der Waals surface area contributed by atoms with Gasteiger partial charge < -0.3 is 9.88 Å². The summed E-state index contributed by atoms with van der Waals surface area (Å²) in [5.41, 5.74) is 9.11. The molecule has 0 radical (unpaired) electrons. The number of aliphatic imine (C=N–C) groups is 1. The van der Waals surface area contributed by atoms with Gasteiger partial charge in [-0.3, -0.25) is 4.57 Å². The fourth-order valence-electron chi connectivity index (χ4n) is 8.92. The molecule has 0 aliphatic carbocycles. The molecule has 1 N–H and O–H groups in total. The Morgan fingerprint density at radius 1 is 0.500 bits per heavy atom. The van der Waals surface area contributed by atoms with E-state index in [1.165, 1.54) is 74.6 Å². The van der Waals surface area contributed by atoms with Crippen molar-refractivity contribution in [1.29, 1.82) is 0 Å². The number of aromatic nitrogens is 2. The molecule has 8 aromatic carbocycles. The van der Waals surface area contributed by atoms with Gasteiger partial charge in [0.1, 0.15) is 0 Å². The Labute approximate surface area is 343 Å². The van der Waals surface area contributed by atoms with Crippen molar-refractivity contribution < 1.29 is 0 Å². The van der Waals surface area contributed by atoms with Crippen LogP contribution in [0.25, 0.3) is 85.9 Å². The van der Waals surface area contributed by atoms with Gasteiger partial charge in [0.15, 0.2) is 0 Å². The number of para-hydroxylation sites is 2. The van der Waals surface area contributed by atoms with Crippen molar-refractivity contribution in [2.24, 2.45) is 4.99 Å². The van der Waals surface area contributed by atoms with Crippen LogP contribution in [0.4, 0.5) is 0 Å². The highest BCUT2D eigenvalue weighted by molar-refractivity contribution is 14.0. The molecular formula is C50H33IN4S.